The third-order valence-corrected chi connectivity index (χ3v) is 3.53. The highest BCUT2D eigenvalue weighted by Crippen LogP contribution is 2.30. The molecule has 0 saturated carbocycles. The second-order valence-electron chi connectivity index (χ2n) is 3.95. The van der Waals surface area contributed by atoms with Crippen molar-refractivity contribution in [3.63, 3.8) is 0 Å². The van der Waals surface area contributed by atoms with Crippen LogP contribution in [0.15, 0.2) is 4.47 Å². The van der Waals surface area contributed by atoms with Crippen LogP contribution in [0.5, 0.6) is 0 Å². The van der Waals surface area contributed by atoms with E-state index in [1.54, 1.807) is 0 Å². The van der Waals surface area contributed by atoms with Crippen molar-refractivity contribution in [3.8, 4) is 0 Å². The van der Waals surface area contributed by atoms with Crippen LogP contribution in [0.1, 0.15) is 38.9 Å². The molecule has 1 aromatic heterocycles. The molecule has 2 N–H and O–H groups in total. The number of nitrogen functional groups attached to an aromatic ring is 1. The van der Waals surface area contributed by atoms with Gasteiger partial charge in [0.2, 0.25) is 0 Å². The van der Waals surface area contributed by atoms with Gasteiger partial charge in [-0.2, -0.15) is 5.10 Å². The molecule has 3 nitrogen and oxygen atoms in total. The van der Waals surface area contributed by atoms with Gasteiger partial charge in [-0.3, -0.25) is 0 Å². The topological polar surface area (TPSA) is 43.8 Å². The van der Waals surface area contributed by atoms with Crippen LogP contribution in [0.25, 0.3) is 0 Å². The molecule has 4 heteroatoms. The highest BCUT2D eigenvalue weighted by Gasteiger charge is 2.19. The Hall–Kier alpha value is -0.510. The van der Waals surface area contributed by atoms with E-state index in [9.17, 15) is 0 Å². The van der Waals surface area contributed by atoms with Crippen LogP contribution in [0.2, 0.25) is 0 Å². The molecule has 80 valence electrons. The number of anilines is 1. The molecule has 0 aliphatic heterocycles. The van der Waals surface area contributed by atoms with Gasteiger partial charge < -0.3 is 5.73 Å². The second-order valence-corrected chi connectivity index (χ2v) is 4.74. The minimum atomic E-state index is 0.389. The fourth-order valence-corrected chi connectivity index (χ4v) is 1.99. The molecule has 0 aromatic carbocycles. The van der Waals surface area contributed by atoms with Gasteiger partial charge in [0.1, 0.15) is 5.82 Å². The van der Waals surface area contributed by atoms with Crippen molar-refractivity contribution >= 4 is 21.7 Å². The van der Waals surface area contributed by atoms with Gasteiger partial charge in [-0.25, -0.2) is 4.68 Å². The van der Waals surface area contributed by atoms with E-state index in [-0.39, 0.29) is 0 Å². The Balaban J connectivity index is 3.11. The summed E-state index contributed by atoms with van der Waals surface area (Å²) >= 11 is 3.44. The number of rotatable bonds is 3. The molecule has 1 aromatic rings. The van der Waals surface area contributed by atoms with Crippen LogP contribution >= 0.6 is 15.9 Å². The molecule has 14 heavy (non-hydrogen) atoms. The Morgan fingerprint density at radius 3 is 2.36 bits per heavy atom. The molecule has 0 aliphatic rings. The summed E-state index contributed by atoms with van der Waals surface area (Å²) in [5, 5.41) is 4.45. The number of hydrogen-bond acceptors (Lipinski definition) is 2. The average molecular weight is 260 g/mol. The zero-order valence-corrected chi connectivity index (χ0v) is 10.8. The SMILES string of the molecule is CCC(C(C)C)n1nc(C)c(Br)c1N. The minimum absolute atomic E-state index is 0.389. The lowest BCUT2D eigenvalue weighted by Crippen LogP contribution is -2.17. The van der Waals surface area contributed by atoms with E-state index in [1.807, 2.05) is 11.6 Å². The summed E-state index contributed by atoms with van der Waals surface area (Å²) in [4.78, 5) is 0. The van der Waals surface area contributed by atoms with E-state index < -0.39 is 0 Å². The van der Waals surface area contributed by atoms with E-state index in [0.717, 1.165) is 22.4 Å². The zero-order chi connectivity index (χ0) is 10.9. The first-order valence-electron chi connectivity index (χ1n) is 4.99. The van der Waals surface area contributed by atoms with Crippen LogP contribution in [0.4, 0.5) is 5.82 Å². The number of aromatic nitrogens is 2. The molecular formula is C10H18BrN3. The van der Waals surface area contributed by atoms with E-state index >= 15 is 0 Å². The highest BCUT2D eigenvalue weighted by molar-refractivity contribution is 9.10. The Bertz CT molecular complexity index is 317. The third-order valence-electron chi connectivity index (χ3n) is 2.55. The van der Waals surface area contributed by atoms with E-state index in [2.05, 4.69) is 41.8 Å². The molecule has 0 fully saturated rings. The normalized spacial score (nSPS) is 13.6. The molecule has 1 rings (SSSR count). The number of halogens is 1. The number of nitrogens with zero attached hydrogens (tertiary/aromatic N) is 2. The smallest absolute Gasteiger partial charge is 0.136 e. The lowest BCUT2D eigenvalue weighted by molar-refractivity contribution is 0.340. The van der Waals surface area contributed by atoms with Crippen molar-refractivity contribution < 1.29 is 0 Å². The second kappa shape index (κ2) is 4.34. The molecule has 0 spiro atoms. The first-order valence-corrected chi connectivity index (χ1v) is 5.78. The number of aryl methyl sites for hydroxylation is 1. The lowest BCUT2D eigenvalue weighted by Gasteiger charge is -2.20. The molecule has 1 heterocycles. The van der Waals surface area contributed by atoms with Crippen molar-refractivity contribution in [1.29, 1.82) is 0 Å². The Morgan fingerprint density at radius 1 is 1.50 bits per heavy atom. The van der Waals surface area contributed by atoms with Crippen LogP contribution in [-0.4, -0.2) is 9.78 Å². The maximum absolute atomic E-state index is 5.97. The van der Waals surface area contributed by atoms with Crippen molar-refractivity contribution in [3.05, 3.63) is 10.2 Å². The fourth-order valence-electron chi connectivity index (χ4n) is 1.72. The van der Waals surface area contributed by atoms with Crippen LogP contribution in [0, 0.1) is 12.8 Å². The molecule has 0 amide bonds. The van der Waals surface area contributed by atoms with Gasteiger partial charge in [-0.1, -0.05) is 20.8 Å². The molecule has 0 aliphatic carbocycles. The van der Waals surface area contributed by atoms with Gasteiger partial charge in [-0.15, -0.1) is 0 Å². The van der Waals surface area contributed by atoms with Crippen LogP contribution in [-0.2, 0) is 0 Å². The van der Waals surface area contributed by atoms with E-state index in [1.165, 1.54) is 0 Å². The first kappa shape index (κ1) is 11.6. The van der Waals surface area contributed by atoms with Gasteiger partial charge in [0, 0.05) is 0 Å². The van der Waals surface area contributed by atoms with Crippen molar-refractivity contribution in [2.45, 2.75) is 40.2 Å². The van der Waals surface area contributed by atoms with E-state index in [0.29, 0.717) is 12.0 Å². The van der Waals surface area contributed by atoms with E-state index in [4.69, 9.17) is 5.73 Å². The van der Waals surface area contributed by atoms with Gasteiger partial charge in [0.15, 0.2) is 0 Å². The Kier molecular flexibility index (Phi) is 3.59. The minimum Gasteiger partial charge on any atom is -0.383 e. The largest absolute Gasteiger partial charge is 0.383 e. The first-order chi connectivity index (χ1) is 6.49. The third kappa shape index (κ3) is 1.95. The quantitative estimate of drug-likeness (QED) is 0.907. The maximum Gasteiger partial charge on any atom is 0.136 e. The summed E-state index contributed by atoms with van der Waals surface area (Å²) in [5.41, 5.74) is 6.93. The number of hydrogen-bond donors (Lipinski definition) is 1. The van der Waals surface area contributed by atoms with Crippen LogP contribution in [0.3, 0.4) is 0 Å². The number of nitrogens with two attached hydrogens (primary N) is 1. The van der Waals surface area contributed by atoms with Gasteiger partial charge in [0.25, 0.3) is 0 Å². The van der Waals surface area contributed by atoms with Gasteiger partial charge >= 0.3 is 0 Å². The lowest BCUT2D eigenvalue weighted by atomic mass is 10.0. The molecular weight excluding hydrogens is 242 g/mol. The maximum atomic E-state index is 5.97. The van der Waals surface area contributed by atoms with Crippen molar-refractivity contribution in [2.24, 2.45) is 5.92 Å². The molecule has 0 saturated heterocycles. The van der Waals surface area contributed by atoms with Crippen molar-refractivity contribution in [2.75, 3.05) is 5.73 Å². The molecule has 0 bridgehead atoms. The Labute approximate surface area is 93.8 Å². The molecule has 0 radical (unpaired) electrons. The van der Waals surface area contributed by atoms with Crippen LogP contribution < -0.4 is 5.73 Å². The molecule has 1 unspecified atom stereocenters. The summed E-state index contributed by atoms with van der Waals surface area (Å²) < 4.78 is 2.86. The van der Waals surface area contributed by atoms with Gasteiger partial charge in [-0.05, 0) is 35.2 Å². The zero-order valence-electron chi connectivity index (χ0n) is 9.21. The predicted octanol–water partition coefficient (Wildman–Crippen LogP) is 3.14. The summed E-state index contributed by atoms with van der Waals surface area (Å²) in [5.74, 6) is 1.29. The average Bonchev–Trinajstić information content (AvgIpc) is 2.35. The predicted molar refractivity (Wildman–Crippen MR) is 63.2 cm³/mol. The van der Waals surface area contributed by atoms with Crippen molar-refractivity contribution in [1.82, 2.24) is 9.78 Å². The van der Waals surface area contributed by atoms with Gasteiger partial charge in [0.05, 0.1) is 16.2 Å². The Morgan fingerprint density at radius 2 is 2.07 bits per heavy atom. The summed E-state index contributed by atoms with van der Waals surface area (Å²) in [6.45, 7) is 8.51. The summed E-state index contributed by atoms with van der Waals surface area (Å²) in [6.07, 6.45) is 1.05. The standard InChI is InChI=1S/C10H18BrN3/c1-5-8(6(2)3)14-10(12)9(11)7(4)13-14/h6,8H,5,12H2,1-4H3. The summed E-state index contributed by atoms with van der Waals surface area (Å²) in [7, 11) is 0. The molecule has 1 atom stereocenters. The highest BCUT2D eigenvalue weighted by atomic mass is 79.9. The fraction of sp³-hybridized carbons (Fsp3) is 0.700. The summed E-state index contributed by atoms with van der Waals surface area (Å²) in [6, 6.07) is 0.389. The monoisotopic (exact) mass is 259 g/mol.